The minimum Gasteiger partial charge on any atom is -0.481 e. The van der Waals surface area contributed by atoms with Crippen molar-refractivity contribution in [2.75, 3.05) is 34.8 Å². The van der Waals surface area contributed by atoms with Crippen LogP contribution in [0.1, 0.15) is 29.6 Å². The van der Waals surface area contributed by atoms with Crippen LogP contribution >= 0.6 is 34.8 Å². The molecular formula is C23H21Cl3N6O3. The molecule has 182 valence electrons. The molecule has 3 aromatic rings. The molecule has 9 nitrogen and oxygen atoms in total. The first kappa shape index (κ1) is 25.0. The van der Waals surface area contributed by atoms with Crippen LogP contribution in [0.4, 0.5) is 23.1 Å². The van der Waals surface area contributed by atoms with Gasteiger partial charge in [0.25, 0.3) is 5.91 Å². The summed E-state index contributed by atoms with van der Waals surface area (Å²) in [5.41, 5.74) is 1.22. The standard InChI is InChI=1S/C23H21Cl3N6O3/c24-16-12-27-13-17(25)21(16)30-22(35)14-3-5-15(6-4-14)32(10-7-20(33)34)23-28-18(26)11-19(29-23)31-8-1-2-9-31/h3-6,11-13H,1-2,7-10H2,(H,33,34)(H,27,30,35). The summed E-state index contributed by atoms with van der Waals surface area (Å²) in [5, 5.41) is 12.6. The number of carbonyl (C=O) groups is 2. The number of hydrogen-bond acceptors (Lipinski definition) is 7. The molecule has 1 aromatic carbocycles. The summed E-state index contributed by atoms with van der Waals surface area (Å²) in [7, 11) is 0. The third-order valence-electron chi connectivity index (χ3n) is 5.42. The number of carbonyl (C=O) groups excluding carboxylic acids is 1. The molecule has 0 atom stereocenters. The average Bonchev–Trinajstić information content (AvgIpc) is 3.37. The summed E-state index contributed by atoms with van der Waals surface area (Å²) < 4.78 is 0. The molecule has 1 amide bonds. The zero-order valence-corrected chi connectivity index (χ0v) is 20.7. The van der Waals surface area contributed by atoms with Crippen molar-refractivity contribution < 1.29 is 14.7 Å². The number of carboxylic acid groups (broad SMARTS) is 1. The third-order valence-corrected chi connectivity index (χ3v) is 6.19. The van der Waals surface area contributed by atoms with Crippen LogP contribution in [0.2, 0.25) is 15.2 Å². The smallest absolute Gasteiger partial charge is 0.305 e. The Kier molecular flexibility index (Phi) is 7.90. The minimum atomic E-state index is -0.959. The number of amides is 1. The summed E-state index contributed by atoms with van der Waals surface area (Å²) in [6.07, 6.45) is 4.76. The first-order valence-corrected chi connectivity index (χ1v) is 11.9. The lowest BCUT2D eigenvalue weighted by Gasteiger charge is -2.24. The van der Waals surface area contributed by atoms with Gasteiger partial charge in [0, 0.05) is 49.3 Å². The van der Waals surface area contributed by atoms with Gasteiger partial charge in [-0.1, -0.05) is 34.8 Å². The van der Waals surface area contributed by atoms with Crippen molar-refractivity contribution in [3.05, 3.63) is 63.5 Å². The van der Waals surface area contributed by atoms with E-state index in [1.165, 1.54) is 12.4 Å². The van der Waals surface area contributed by atoms with Crippen molar-refractivity contribution in [3.8, 4) is 0 Å². The number of nitrogens with one attached hydrogen (secondary N) is 1. The first-order chi connectivity index (χ1) is 16.8. The highest BCUT2D eigenvalue weighted by atomic mass is 35.5. The lowest BCUT2D eigenvalue weighted by atomic mass is 10.1. The molecule has 12 heteroatoms. The fraction of sp³-hybridized carbons (Fsp3) is 0.261. The number of nitrogens with zero attached hydrogens (tertiary/aromatic N) is 5. The maximum Gasteiger partial charge on any atom is 0.305 e. The Hall–Kier alpha value is -3.14. The number of pyridine rings is 1. The number of rotatable bonds is 8. The molecule has 35 heavy (non-hydrogen) atoms. The Morgan fingerprint density at radius 3 is 2.31 bits per heavy atom. The van der Waals surface area contributed by atoms with Gasteiger partial charge in [0.15, 0.2) is 0 Å². The molecule has 1 aliphatic rings. The second kappa shape index (κ2) is 11.1. The van der Waals surface area contributed by atoms with E-state index in [1.807, 2.05) is 0 Å². The van der Waals surface area contributed by atoms with Gasteiger partial charge in [0.2, 0.25) is 5.95 Å². The van der Waals surface area contributed by atoms with Gasteiger partial charge in [0.05, 0.1) is 22.2 Å². The van der Waals surface area contributed by atoms with Crippen molar-refractivity contribution in [3.63, 3.8) is 0 Å². The van der Waals surface area contributed by atoms with Crippen LogP contribution < -0.4 is 15.1 Å². The predicted molar refractivity (Wildman–Crippen MR) is 136 cm³/mol. The molecule has 0 aliphatic carbocycles. The topological polar surface area (TPSA) is 112 Å². The molecule has 2 aromatic heterocycles. The summed E-state index contributed by atoms with van der Waals surface area (Å²) >= 11 is 18.5. The maximum absolute atomic E-state index is 12.7. The minimum absolute atomic E-state index is 0.114. The van der Waals surface area contributed by atoms with E-state index in [-0.39, 0.29) is 39.8 Å². The monoisotopic (exact) mass is 534 g/mol. The number of halogens is 3. The Balaban J connectivity index is 1.60. The molecule has 2 N–H and O–H groups in total. The Morgan fingerprint density at radius 1 is 1.03 bits per heavy atom. The maximum atomic E-state index is 12.7. The van der Waals surface area contributed by atoms with Crippen LogP contribution in [0.25, 0.3) is 0 Å². The van der Waals surface area contributed by atoms with E-state index in [2.05, 4.69) is 25.2 Å². The molecule has 0 unspecified atom stereocenters. The number of carboxylic acids is 1. The molecule has 0 radical (unpaired) electrons. The number of hydrogen-bond donors (Lipinski definition) is 2. The van der Waals surface area contributed by atoms with Gasteiger partial charge in [-0.3, -0.25) is 14.6 Å². The van der Waals surface area contributed by atoms with Gasteiger partial charge in [-0.15, -0.1) is 0 Å². The second-order valence-electron chi connectivity index (χ2n) is 7.82. The van der Waals surface area contributed by atoms with Gasteiger partial charge in [-0.25, -0.2) is 4.98 Å². The van der Waals surface area contributed by atoms with Crippen LogP contribution in [-0.4, -0.2) is 51.6 Å². The van der Waals surface area contributed by atoms with E-state index in [4.69, 9.17) is 34.8 Å². The lowest BCUT2D eigenvalue weighted by Crippen LogP contribution is -2.25. The molecule has 0 saturated carbocycles. The average molecular weight is 536 g/mol. The van der Waals surface area contributed by atoms with E-state index in [0.717, 1.165) is 25.9 Å². The third kappa shape index (κ3) is 6.11. The van der Waals surface area contributed by atoms with Gasteiger partial charge < -0.3 is 20.2 Å². The number of aliphatic carboxylic acids is 1. The van der Waals surface area contributed by atoms with Crippen LogP contribution in [0, 0.1) is 0 Å². The fourth-order valence-corrected chi connectivity index (χ4v) is 4.32. The highest BCUT2D eigenvalue weighted by Gasteiger charge is 2.20. The quantitative estimate of drug-likeness (QED) is 0.374. The largest absolute Gasteiger partial charge is 0.481 e. The number of aromatic nitrogens is 3. The van der Waals surface area contributed by atoms with Crippen LogP contribution in [-0.2, 0) is 4.79 Å². The van der Waals surface area contributed by atoms with Gasteiger partial charge in [-0.05, 0) is 37.1 Å². The highest BCUT2D eigenvalue weighted by molar-refractivity contribution is 6.39. The highest BCUT2D eigenvalue weighted by Crippen LogP contribution is 2.30. The number of anilines is 4. The first-order valence-electron chi connectivity index (χ1n) is 10.8. The normalized spacial score (nSPS) is 13.1. The lowest BCUT2D eigenvalue weighted by molar-refractivity contribution is -0.136. The van der Waals surface area contributed by atoms with E-state index >= 15 is 0 Å². The SMILES string of the molecule is O=C(O)CCN(c1ccc(C(=O)Nc2c(Cl)cncc2Cl)cc1)c1nc(Cl)cc(N2CCCC2)n1. The van der Waals surface area contributed by atoms with Crippen molar-refractivity contribution >= 4 is 69.8 Å². The summed E-state index contributed by atoms with van der Waals surface area (Å²) in [5.74, 6) is -0.397. The van der Waals surface area contributed by atoms with Crippen molar-refractivity contribution in [1.29, 1.82) is 0 Å². The molecule has 4 rings (SSSR count). The second-order valence-corrected chi connectivity index (χ2v) is 9.02. The Morgan fingerprint density at radius 2 is 1.69 bits per heavy atom. The van der Waals surface area contributed by atoms with Crippen LogP contribution in [0.15, 0.2) is 42.7 Å². The molecular weight excluding hydrogens is 515 g/mol. The Bertz CT molecular complexity index is 1220. The van der Waals surface area contributed by atoms with Gasteiger partial charge in [0.1, 0.15) is 11.0 Å². The molecule has 0 bridgehead atoms. The predicted octanol–water partition coefficient (Wildman–Crippen LogP) is 5.30. The van der Waals surface area contributed by atoms with E-state index in [1.54, 1.807) is 35.2 Å². The van der Waals surface area contributed by atoms with Crippen molar-refractivity contribution in [1.82, 2.24) is 15.0 Å². The molecule has 1 saturated heterocycles. The summed E-state index contributed by atoms with van der Waals surface area (Å²) in [4.78, 5) is 40.7. The zero-order valence-electron chi connectivity index (χ0n) is 18.4. The van der Waals surface area contributed by atoms with E-state index in [0.29, 0.717) is 17.1 Å². The molecule has 0 spiro atoms. The van der Waals surface area contributed by atoms with Crippen molar-refractivity contribution in [2.24, 2.45) is 0 Å². The van der Waals surface area contributed by atoms with E-state index < -0.39 is 11.9 Å². The van der Waals surface area contributed by atoms with Crippen molar-refractivity contribution in [2.45, 2.75) is 19.3 Å². The van der Waals surface area contributed by atoms with Crippen LogP contribution in [0.5, 0.6) is 0 Å². The fourth-order valence-electron chi connectivity index (χ4n) is 3.68. The van der Waals surface area contributed by atoms with Gasteiger partial charge >= 0.3 is 5.97 Å². The summed E-state index contributed by atoms with van der Waals surface area (Å²) in [6.45, 7) is 1.86. The number of benzene rings is 1. The van der Waals surface area contributed by atoms with Crippen LogP contribution in [0.3, 0.4) is 0 Å². The molecule has 1 fully saturated rings. The Labute approximate surface area is 216 Å². The van der Waals surface area contributed by atoms with Gasteiger partial charge in [-0.2, -0.15) is 4.98 Å². The van der Waals surface area contributed by atoms with E-state index in [9.17, 15) is 14.7 Å². The molecule has 1 aliphatic heterocycles. The summed E-state index contributed by atoms with van der Waals surface area (Å²) in [6, 6.07) is 8.29. The molecule has 3 heterocycles. The zero-order chi connectivity index (χ0) is 24.9.